The van der Waals surface area contributed by atoms with Crippen molar-refractivity contribution < 1.29 is 5.11 Å². The monoisotopic (exact) mass is 284 g/mol. The molecule has 1 aliphatic heterocycles. The van der Waals surface area contributed by atoms with Crippen molar-refractivity contribution in [1.82, 2.24) is 4.90 Å². The van der Waals surface area contributed by atoms with Crippen molar-refractivity contribution in [3.05, 3.63) is 28.7 Å². The van der Waals surface area contributed by atoms with E-state index >= 15 is 0 Å². The molecule has 1 unspecified atom stereocenters. The third-order valence-electron chi connectivity index (χ3n) is 3.18. The van der Waals surface area contributed by atoms with Gasteiger partial charge in [0.25, 0.3) is 0 Å². The van der Waals surface area contributed by atoms with Crippen molar-refractivity contribution in [2.24, 2.45) is 0 Å². The largest absolute Gasteiger partial charge is 0.395 e. The Bertz CT molecular complexity index is 359. The number of benzene rings is 1. The van der Waals surface area contributed by atoms with Gasteiger partial charge >= 0.3 is 0 Å². The molecule has 1 atom stereocenters. The van der Waals surface area contributed by atoms with Crippen molar-refractivity contribution in [3.8, 4) is 0 Å². The Hall–Kier alpha value is -0.580. The van der Waals surface area contributed by atoms with Gasteiger partial charge in [-0.1, -0.05) is 12.1 Å². The van der Waals surface area contributed by atoms with Crippen LogP contribution in [0.25, 0.3) is 0 Å². The quantitative estimate of drug-likeness (QED) is 0.893. The molecule has 0 aromatic heterocycles. The average Bonchev–Trinajstić information content (AvgIpc) is 2.31. The summed E-state index contributed by atoms with van der Waals surface area (Å²) in [5.74, 6) is 0. The van der Waals surface area contributed by atoms with Gasteiger partial charge in [-0.3, -0.25) is 4.90 Å². The van der Waals surface area contributed by atoms with Crippen LogP contribution < -0.4 is 4.90 Å². The summed E-state index contributed by atoms with van der Waals surface area (Å²) in [5.41, 5.74) is 1.22. The van der Waals surface area contributed by atoms with E-state index in [-0.39, 0.29) is 12.6 Å². The van der Waals surface area contributed by atoms with E-state index in [1.165, 1.54) is 5.69 Å². The summed E-state index contributed by atoms with van der Waals surface area (Å²) in [6, 6.07) is 8.48. The highest BCUT2D eigenvalue weighted by molar-refractivity contribution is 9.10. The number of halogens is 1. The standard InChI is InChI=1S/C12H17BrN2O/c1-14-6-7-15(8-10(14)9-16)12-5-3-2-4-11(12)13/h2-5,10,16H,6-9H2,1H3. The van der Waals surface area contributed by atoms with Gasteiger partial charge in [0, 0.05) is 24.1 Å². The normalized spacial score (nSPS) is 22.4. The van der Waals surface area contributed by atoms with Crippen LogP contribution >= 0.6 is 15.9 Å². The molecule has 1 heterocycles. The van der Waals surface area contributed by atoms with Gasteiger partial charge in [-0.05, 0) is 35.1 Å². The molecular formula is C12H17BrN2O. The summed E-state index contributed by atoms with van der Waals surface area (Å²) < 4.78 is 1.12. The fourth-order valence-corrected chi connectivity index (χ4v) is 2.61. The topological polar surface area (TPSA) is 26.7 Å². The third-order valence-corrected chi connectivity index (χ3v) is 3.85. The van der Waals surface area contributed by atoms with Gasteiger partial charge in [0.2, 0.25) is 0 Å². The molecule has 0 aliphatic carbocycles. The minimum Gasteiger partial charge on any atom is -0.395 e. The minimum atomic E-state index is 0.220. The molecule has 1 saturated heterocycles. The van der Waals surface area contributed by atoms with Gasteiger partial charge in [0.05, 0.1) is 18.3 Å². The molecule has 0 saturated carbocycles. The Morgan fingerprint density at radius 2 is 2.12 bits per heavy atom. The van der Waals surface area contributed by atoms with E-state index in [9.17, 15) is 5.11 Å². The van der Waals surface area contributed by atoms with Crippen LogP contribution in [-0.2, 0) is 0 Å². The maximum atomic E-state index is 9.32. The Labute approximate surface area is 105 Å². The van der Waals surface area contributed by atoms with Gasteiger partial charge in [0.15, 0.2) is 0 Å². The van der Waals surface area contributed by atoms with Crippen LogP contribution in [0.5, 0.6) is 0 Å². The molecule has 1 aromatic rings. The zero-order valence-corrected chi connectivity index (χ0v) is 11.0. The lowest BCUT2D eigenvalue weighted by atomic mass is 10.1. The smallest absolute Gasteiger partial charge is 0.0604 e. The molecule has 0 radical (unpaired) electrons. The molecule has 0 bridgehead atoms. The van der Waals surface area contributed by atoms with Gasteiger partial charge < -0.3 is 10.0 Å². The average molecular weight is 285 g/mol. The van der Waals surface area contributed by atoms with Crippen LogP contribution in [-0.4, -0.2) is 49.3 Å². The number of rotatable bonds is 2. The number of likely N-dealkylation sites (N-methyl/N-ethyl adjacent to an activating group) is 1. The summed E-state index contributed by atoms with van der Waals surface area (Å²) in [6.45, 7) is 3.11. The van der Waals surface area contributed by atoms with Crippen LogP contribution in [0.3, 0.4) is 0 Å². The lowest BCUT2D eigenvalue weighted by molar-refractivity contribution is 0.135. The van der Waals surface area contributed by atoms with E-state index in [4.69, 9.17) is 0 Å². The second-order valence-electron chi connectivity index (χ2n) is 4.21. The van der Waals surface area contributed by atoms with Crippen molar-refractivity contribution >= 4 is 21.6 Å². The Kier molecular flexibility index (Phi) is 3.84. The number of piperazine rings is 1. The molecule has 2 rings (SSSR count). The third kappa shape index (κ3) is 2.39. The van der Waals surface area contributed by atoms with Gasteiger partial charge in [-0.15, -0.1) is 0 Å². The van der Waals surface area contributed by atoms with Gasteiger partial charge in [-0.25, -0.2) is 0 Å². The number of aliphatic hydroxyl groups is 1. The van der Waals surface area contributed by atoms with Crippen LogP contribution in [0.2, 0.25) is 0 Å². The zero-order valence-electron chi connectivity index (χ0n) is 9.43. The number of nitrogens with zero attached hydrogens (tertiary/aromatic N) is 2. The Morgan fingerprint density at radius 1 is 1.38 bits per heavy atom. The van der Waals surface area contributed by atoms with E-state index in [1.807, 2.05) is 12.1 Å². The first kappa shape index (κ1) is 11.9. The van der Waals surface area contributed by atoms with Crippen LogP contribution in [0.1, 0.15) is 0 Å². The number of para-hydroxylation sites is 1. The van der Waals surface area contributed by atoms with Crippen molar-refractivity contribution in [2.75, 3.05) is 38.2 Å². The predicted octanol–water partition coefficient (Wildman–Crippen LogP) is 1.56. The molecule has 88 valence electrons. The molecule has 3 nitrogen and oxygen atoms in total. The molecule has 0 amide bonds. The predicted molar refractivity (Wildman–Crippen MR) is 69.9 cm³/mol. The number of hydrogen-bond donors (Lipinski definition) is 1. The number of aliphatic hydroxyl groups excluding tert-OH is 1. The maximum Gasteiger partial charge on any atom is 0.0604 e. The second-order valence-corrected chi connectivity index (χ2v) is 5.07. The molecule has 1 N–H and O–H groups in total. The summed E-state index contributed by atoms with van der Waals surface area (Å²) in [4.78, 5) is 4.54. The van der Waals surface area contributed by atoms with Crippen molar-refractivity contribution in [1.29, 1.82) is 0 Å². The Balaban J connectivity index is 2.14. The highest BCUT2D eigenvalue weighted by Gasteiger charge is 2.24. The first-order valence-corrected chi connectivity index (χ1v) is 6.32. The highest BCUT2D eigenvalue weighted by atomic mass is 79.9. The minimum absolute atomic E-state index is 0.220. The van der Waals surface area contributed by atoms with Gasteiger partial charge in [0.1, 0.15) is 0 Å². The first-order chi connectivity index (χ1) is 7.72. The summed E-state index contributed by atoms with van der Waals surface area (Å²) in [5, 5.41) is 9.32. The van der Waals surface area contributed by atoms with Crippen LogP contribution in [0.15, 0.2) is 28.7 Å². The second kappa shape index (κ2) is 5.17. The molecule has 1 aliphatic rings. The molecule has 1 aromatic carbocycles. The summed E-state index contributed by atoms with van der Waals surface area (Å²) in [7, 11) is 2.07. The highest BCUT2D eigenvalue weighted by Crippen LogP contribution is 2.27. The van der Waals surface area contributed by atoms with E-state index in [0.29, 0.717) is 0 Å². The van der Waals surface area contributed by atoms with Crippen molar-refractivity contribution in [2.45, 2.75) is 6.04 Å². The van der Waals surface area contributed by atoms with Crippen LogP contribution in [0, 0.1) is 0 Å². The first-order valence-electron chi connectivity index (χ1n) is 5.53. The molecular weight excluding hydrogens is 268 g/mol. The molecule has 4 heteroatoms. The fraction of sp³-hybridized carbons (Fsp3) is 0.500. The molecule has 1 fully saturated rings. The zero-order chi connectivity index (χ0) is 11.5. The summed E-state index contributed by atoms with van der Waals surface area (Å²) in [6.07, 6.45) is 0. The number of hydrogen-bond acceptors (Lipinski definition) is 3. The van der Waals surface area contributed by atoms with Crippen LogP contribution in [0.4, 0.5) is 5.69 Å². The molecule has 16 heavy (non-hydrogen) atoms. The van der Waals surface area contributed by atoms with E-state index in [0.717, 1.165) is 24.1 Å². The van der Waals surface area contributed by atoms with E-state index < -0.39 is 0 Å². The summed E-state index contributed by atoms with van der Waals surface area (Å²) >= 11 is 3.57. The maximum absolute atomic E-state index is 9.32. The number of anilines is 1. The van der Waals surface area contributed by atoms with Gasteiger partial charge in [-0.2, -0.15) is 0 Å². The van der Waals surface area contributed by atoms with E-state index in [2.05, 4.69) is 44.9 Å². The molecule has 0 spiro atoms. The fourth-order valence-electron chi connectivity index (χ4n) is 2.07. The lowest BCUT2D eigenvalue weighted by Gasteiger charge is -2.40. The SMILES string of the molecule is CN1CCN(c2ccccc2Br)CC1CO. The van der Waals surface area contributed by atoms with E-state index in [1.54, 1.807) is 0 Å². The Morgan fingerprint density at radius 3 is 2.81 bits per heavy atom. The van der Waals surface area contributed by atoms with Crippen molar-refractivity contribution in [3.63, 3.8) is 0 Å². The lowest BCUT2D eigenvalue weighted by Crippen LogP contribution is -2.53.